The van der Waals surface area contributed by atoms with Crippen LogP contribution in [0.3, 0.4) is 0 Å². The average molecular weight is 480 g/mol. The third-order valence-corrected chi connectivity index (χ3v) is 6.32. The number of hydrogen-bond donors (Lipinski definition) is 1. The zero-order valence-electron chi connectivity index (χ0n) is 19.3. The van der Waals surface area contributed by atoms with Crippen molar-refractivity contribution in [1.82, 2.24) is 20.0 Å². The molecule has 1 N–H and O–H groups in total. The number of aryl methyl sites for hydroxylation is 3. The lowest BCUT2D eigenvalue weighted by atomic mass is 10.2. The number of rotatable bonds is 8. The Bertz CT molecular complexity index is 1400. The van der Waals surface area contributed by atoms with Crippen LogP contribution in [0.5, 0.6) is 17.4 Å². The van der Waals surface area contributed by atoms with Gasteiger partial charge in [0.25, 0.3) is 10.0 Å². The van der Waals surface area contributed by atoms with Gasteiger partial charge in [-0.05, 0) is 87.9 Å². The van der Waals surface area contributed by atoms with Crippen LogP contribution in [0.1, 0.15) is 23.9 Å². The lowest BCUT2D eigenvalue weighted by Gasteiger charge is -2.12. The second-order valence-electron chi connectivity index (χ2n) is 7.66. The quantitative estimate of drug-likeness (QED) is 0.394. The lowest BCUT2D eigenvalue weighted by Crippen LogP contribution is -2.13. The molecule has 0 saturated carbocycles. The Balaban J connectivity index is 1.43. The maximum Gasteiger partial charge on any atom is 0.261 e. The minimum absolute atomic E-state index is 0.159. The van der Waals surface area contributed by atoms with Crippen molar-refractivity contribution in [3.8, 4) is 23.2 Å². The number of hydrogen-bond acceptors (Lipinski definition) is 7. The summed E-state index contributed by atoms with van der Waals surface area (Å²) in [6.45, 7) is 8.06. The van der Waals surface area contributed by atoms with E-state index >= 15 is 0 Å². The van der Waals surface area contributed by atoms with Crippen molar-refractivity contribution in [3.63, 3.8) is 0 Å². The van der Waals surface area contributed by atoms with E-state index in [9.17, 15) is 8.42 Å². The second kappa shape index (κ2) is 9.52. The molecule has 2 heterocycles. The largest absolute Gasteiger partial charge is 0.494 e. The lowest BCUT2D eigenvalue weighted by molar-refractivity contribution is 0.337. The van der Waals surface area contributed by atoms with E-state index in [1.807, 2.05) is 33.8 Å². The summed E-state index contributed by atoms with van der Waals surface area (Å²) in [4.78, 5) is 0.159. The van der Waals surface area contributed by atoms with Crippen molar-refractivity contribution in [2.45, 2.75) is 32.6 Å². The van der Waals surface area contributed by atoms with Gasteiger partial charge < -0.3 is 9.47 Å². The van der Waals surface area contributed by atoms with Gasteiger partial charge in [-0.25, -0.2) is 13.1 Å². The molecule has 10 heteroatoms. The maximum absolute atomic E-state index is 12.8. The van der Waals surface area contributed by atoms with Crippen molar-refractivity contribution in [2.75, 3.05) is 11.3 Å². The van der Waals surface area contributed by atoms with Gasteiger partial charge in [0.1, 0.15) is 11.5 Å². The molecule has 0 spiro atoms. The minimum Gasteiger partial charge on any atom is -0.494 e. The predicted octanol–water partition coefficient (Wildman–Crippen LogP) is 4.58. The van der Waals surface area contributed by atoms with Crippen molar-refractivity contribution in [1.29, 1.82) is 0 Å². The highest BCUT2D eigenvalue weighted by atomic mass is 32.2. The normalized spacial score (nSPS) is 11.3. The van der Waals surface area contributed by atoms with E-state index in [-0.39, 0.29) is 4.90 Å². The molecule has 0 bridgehead atoms. The third kappa shape index (κ3) is 5.18. The van der Waals surface area contributed by atoms with E-state index < -0.39 is 10.0 Å². The van der Waals surface area contributed by atoms with Crippen LogP contribution in [-0.2, 0) is 10.0 Å². The zero-order valence-corrected chi connectivity index (χ0v) is 20.1. The van der Waals surface area contributed by atoms with E-state index in [1.165, 1.54) is 6.07 Å². The topological polar surface area (TPSA) is 108 Å². The van der Waals surface area contributed by atoms with Crippen LogP contribution >= 0.6 is 0 Å². The monoisotopic (exact) mass is 479 g/mol. The van der Waals surface area contributed by atoms with Crippen LogP contribution in [0.4, 0.5) is 5.69 Å². The number of ether oxygens (including phenoxy) is 2. The first-order valence-electron chi connectivity index (χ1n) is 10.7. The number of nitrogens with one attached hydrogen (secondary N) is 1. The summed E-state index contributed by atoms with van der Waals surface area (Å²) in [5.74, 6) is 2.05. The van der Waals surface area contributed by atoms with Gasteiger partial charge in [0.15, 0.2) is 5.82 Å². The predicted molar refractivity (Wildman–Crippen MR) is 128 cm³/mol. The van der Waals surface area contributed by atoms with Gasteiger partial charge in [-0.3, -0.25) is 4.72 Å². The molecule has 0 fully saturated rings. The fourth-order valence-electron chi connectivity index (χ4n) is 3.37. The molecular weight excluding hydrogens is 454 g/mol. The van der Waals surface area contributed by atoms with Crippen molar-refractivity contribution in [2.24, 2.45) is 0 Å². The number of benzene rings is 2. The number of sulfonamides is 1. The molecule has 0 unspecified atom stereocenters. The summed E-state index contributed by atoms with van der Waals surface area (Å²) in [5.41, 5.74) is 3.01. The van der Waals surface area contributed by atoms with Gasteiger partial charge in [-0.2, -0.15) is 5.10 Å². The van der Waals surface area contributed by atoms with Crippen molar-refractivity contribution >= 4 is 15.7 Å². The summed E-state index contributed by atoms with van der Waals surface area (Å²) in [6, 6.07) is 16.7. The average Bonchev–Trinajstić information content (AvgIpc) is 3.14. The Morgan fingerprint density at radius 2 is 1.71 bits per heavy atom. The summed E-state index contributed by atoms with van der Waals surface area (Å²) in [6.07, 6.45) is 0. The first-order valence-corrected chi connectivity index (χ1v) is 12.1. The molecule has 4 aromatic rings. The molecule has 0 saturated heterocycles. The van der Waals surface area contributed by atoms with Gasteiger partial charge in [-0.15, -0.1) is 10.2 Å². The van der Waals surface area contributed by atoms with Gasteiger partial charge >= 0.3 is 0 Å². The molecule has 2 aromatic carbocycles. The molecule has 0 aliphatic rings. The molecule has 9 nitrogen and oxygen atoms in total. The Hall–Kier alpha value is -3.92. The van der Waals surface area contributed by atoms with Gasteiger partial charge in [0.2, 0.25) is 5.88 Å². The summed E-state index contributed by atoms with van der Waals surface area (Å²) >= 11 is 0. The fraction of sp³-hybridized carbons (Fsp3) is 0.208. The smallest absolute Gasteiger partial charge is 0.261 e. The second-order valence-corrected chi connectivity index (χ2v) is 9.34. The number of aromatic nitrogens is 4. The summed E-state index contributed by atoms with van der Waals surface area (Å²) in [7, 11) is -3.75. The first kappa shape index (κ1) is 23.2. The van der Waals surface area contributed by atoms with E-state index in [0.717, 1.165) is 17.0 Å². The highest BCUT2D eigenvalue weighted by molar-refractivity contribution is 7.92. The van der Waals surface area contributed by atoms with E-state index in [1.54, 1.807) is 53.2 Å². The van der Waals surface area contributed by atoms with Crippen molar-refractivity contribution in [3.05, 3.63) is 77.6 Å². The molecule has 0 atom stereocenters. The summed E-state index contributed by atoms with van der Waals surface area (Å²) < 4.78 is 41.0. The van der Waals surface area contributed by atoms with Crippen LogP contribution in [0.25, 0.3) is 5.82 Å². The molecule has 0 aliphatic heterocycles. The van der Waals surface area contributed by atoms with Gasteiger partial charge in [0, 0.05) is 17.4 Å². The van der Waals surface area contributed by atoms with Crippen LogP contribution < -0.4 is 14.2 Å². The molecule has 0 aliphatic carbocycles. The van der Waals surface area contributed by atoms with Crippen molar-refractivity contribution < 1.29 is 17.9 Å². The Kier molecular flexibility index (Phi) is 6.51. The molecule has 2 aromatic heterocycles. The zero-order chi connectivity index (χ0) is 24.3. The molecular formula is C24H25N5O4S. The molecule has 34 heavy (non-hydrogen) atoms. The Morgan fingerprint density at radius 1 is 0.941 bits per heavy atom. The van der Waals surface area contributed by atoms with Gasteiger partial charge in [-0.1, -0.05) is 0 Å². The van der Waals surface area contributed by atoms with Gasteiger partial charge in [0.05, 0.1) is 17.2 Å². The van der Waals surface area contributed by atoms with E-state index in [0.29, 0.717) is 35.5 Å². The highest BCUT2D eigenvalue weighted by Crippen LogP contribution is 2.26. The highest BCUT2D eigenvalue weighted by Gasteiger charge is 2.16. The molecule has 0 radical (unpaired) electrons. The standard InChI is InChI=1S/C24H25N5O4S/c1-5-32-22-11-10-21(14-16(22)2)34(30,31)28-19-6-8-20(9-7-19)33-24-13-12-23(25-26-24)29-18(4)15-17(3)27-29/h6-15,28H,5H2,1-4H3. The van der Waals surface area contributed by atoms with E-state index in [2.05, 4.69) is 20.0 Å². The number of nitrogens with zero attached hydrogens (tertiary/aromatic N) is 4. The Labute approximate surface area is 198 Å². The minimum atomic E-state index is -3.75. The number of anilines is 1. The van der Waals surface area contributed by atoms with Crippen LogP contribution in [-0.4, -0.2) is 35.0 Å². The SMILES string of the molecule is CCOc1ccc(S(=O)(=O)Nc2ccc(Oc3ccc(-n4nc(C)cc4C)nn3)cc2)cc1C. The molecule has 176 valence electrons. The molecule has 0 amide bonds. The third-order valence-electron chi connectivity index (χ3n) is 4.94. The maximum atomic E-state index is 12.8. The van der Waals surface area contributed by atoms with Crippen LogP contribution in [0, 0.1) is 20.8 Å². The van der Waals surface area contributed by atoms with Crippen LogP contribution in [0.15, 0.2) is 65.6 Å². The Morgan fingerprint density at radius 3 is 2.29 bits per heavy atom. The molecule has 4 rings (SSSR count). The first-order chi connectivity index (χ1) is 16.2. The summed E-state index contributed by atoms with van der Waals surface area (Å²) in [5, 5.41) is 12.6. The van der Waals surface area contributed by atoms with E-state index in [4.69, 9.17) is 9.47 Å². The van der Waals surface area contributed by atoms with Crippen LogP contribution in [0.2, 0.25) is 0 Å². The fourth-order valence-corrected chi connectivity index (χ4v) is 4.52.